The van der Waals surface area contributed by atoms with Crippen LogP contribution < -0.4 is 5.48 Å². The molecule has 0 aromatic rings. The van der Waals surface area contributed by atoms with Crippen LogP contribution in [-0.2, 0) is 14.4 Å². The van der Waals surface area contributed by atoms with Gasteiger partial charge in [0.15, 0.2) is 0 Å². The van der Waals surface area contributed by atoms with E-state index in [0.717, 1.165) is 6.42 Å². The number of carbonyl (C=O) groups excluding carboxylic acids is 1. The summed E-state index contributed by atoms with van der Waals surface area (Å²) >= 11 is 0. The third kappa shape index (κ3) is 2.46. The molecule has 1 heterocycles. The minimum Gasteiger partial charge on any atom is -0.378 e. The van der Waals surface area contributed by atoms with Crippen molar-refractivity contribution < 1.29 is 14.4 Å². The van der Waals surface area contributed by atoms with Crippen LogP contribution in [0.5, 0.6) is 0 Å². The van der Waals surface area contributed by atoms with Crippen molar-refractivity contribution in [1.82, 2.24) is 5.48 Å². The van der Waals surface area contributed by atoms with Crippen LogP contribution in [0.15, 0.2) is 0 Å². The normalized spacial score (nSPS) is 28.8. The molecule has 1 saturated heterocycles. The molecule has 2 unspecified atom stereocenters. The number of carbonyl (C=O) groups is 1. The number of amides is 1. The molecule has 12 heavy (non-hydrogen) atoms. The molecule has 0 aliphatic carbocycles. The molecule has 1 amide bonds. The Bertz CT molecular complexity index is 160. The fraction of sp³-hybridized carbons (Fsp3) is 0.875. The maximum atomic E-state index is 11.2. The lowest BCUT2D eigenvalue weighted by molar-refractivity contribution is -0.137. The number of hydroxylamine groups is 1. The van der Waals surface area contributed by atoms with Crippen molar-refractivity contribution in [3.63, 3.8) is 0 Å². The minimum atomic E-state index is -0.0683. The first kappa shape index (κ1) is 9.48. The van der Waals surface area contributed by atoms with E-state index in [4.69, 9.17) is 9.57 Å². The van der Waals surface area contributed by atoms with E-state index in [1.165, 1.54) is 0 Å². The van der Waals surface area contributed by atoms with Gasteiger partial charge in [-0.1, -0.05) is 0 Å². The monoisotopic (exact) mass is 173 g/mol. The third-order valence-electron chi connectivity index (χ3n) is 1.89. The average molecular weight is 173 g/mol. The molecule has 70 valence electrons. The Hall–Kier alpha value is -0.610. The topological polar surface area (TPSA) is 47.6 Å². The molecule has 4 nitrogen and oxygen atoms in total. The predicted octanol–water partition coefficient (Wildman–Crippen LogP) is 0.479. The second-order valence-corrected chi connectivity index (χ2v) is 2.98. The van der Waals surface area contributed by atoms with Gasteiger partial charge in [0.2, 0.25) is 5.91 Å². The van der Waals surface area contributed by atoms with Crippen molar-refractivity contribution in [1.29, 1.82) is 0 Å². The molecule has 1 fully saturated rings. The summed E-state index contributed by atoms with van der Waals surface area (Å²) in [7, 11) is 0. The molecule has 0 aromatic carbocycles. The van der Waals surface area contributed by atoms with Crippen LogP contribution in [0.3, 0.4) is 0 Å². The lowest BCUT2D eigenvalue weighted by Crippen LogP contribution is -2.31. The maximum Gasteiger partial charge on any atom is 0.249 e. The van der Waals surface area contributed by atoms with Crippen LogP contribution in [-0.4, -0.2) is 25.2 Å². The molecule has 1 aliphatic heterocycles. The van der Waals surface area contributed by atoms with Crippen LogP contribution in [0.1, 0.15) is 20.3 Å². The van der Waals surface area contributed by atoms with Gasteiger partial charge in [0.1, 0.15) is 0 Å². The molecule has 1 N–H and O–H groups in total. The summed E-state index contributed by atoms with van der Waals surface area (Å²) in [6, 6.07) is 0. The highest BCUT2D eigenvalue weighted by Gasteiger charge is 2.28. The highest BCUT2D eigenvalue weighted by atomic mass is 16.6. The van der Waals surface area contributed by atoms with Crippen molar-refractivity contribution in [2.45, 2.75) is 26.4 Å². The van der Waals surface area contributed by atoms with Gasteiger partial charge in [0, 0.05) is 0 Å². The molecule has 4 heteroatoms. The minimum absolute atomic E-state index is 0.0356. The zero-order chi connectivity index (χ0) is 8.97. The quantitative estimate of drug-likeness (QED) is 0.631. The Kier molecular flexibility index (Phi) is 3.49. The first-order chi connectivity index (χ1) is 5.74. The second kappa shape index (κ2) is 4.42. The summed E-state index contributed by atoms with van der Waals surface area (Å²) in [6.07, 6.45) is 0.987. The molecule has 0 aromatic heterocycles. The van der Waals surface area contributed by atoms with E-state index in [2.05, 4.69) is 5.48 Å². The highest BCUT2D eigenvalue weighted by molar-refractivity contribution is 5.77. The summed E-state index contributed by atoms with van der Waals surface area (Å²) in [4.78, 5) is 16.0. The number of nitrogens with one attached hydrogen (secondary N) is 1. The fourth-order valence-corrected chi connectivity index (χ4v) is 1.23. The van der Waals surface area contributed by atoms with Gasteiger partial charge in [-0.2, -0.15) is 0 Å². The second-order valence-electron chi connectivity index (χ2n) is 2.98. The van der Waals surface area contributed by atoms with E-state index in [0.29, 0.717) is 13.2 Å². The van der Waals surface area contributed by atoms with E-state index in [1.54, 1.807) is 0 Å². The summed E-state index contributed by atoms with van der Waals surface area (Å²) in [5.74, 6) is -0.104. The van der Waals surface area contributed by atoms with Gasteiger partial charge in [0.05, 0.1) is 25.2 Å². The maximum absolute atomic E-state index is 11.2. The van der Waals surface area contributed by atoms with Crippen molar-refractivity contribution in [2.24, 2.45) is 5.92 Å². The zero-order valence-corrected chi connectivity index (χ0v) is 7.50. The molecule has 0 bridgehead atoms. The van der Waals surface area contributed by atoms with Crippen LogP contribution in [0.25, 0.3) is 0 Å². The van der Waals surface area contributed by atoms with E-state index in [9.17, 15) is 4.79 Å². The molecule has 2 atom stereocenters. The average Bonchev–Trinajstić information content (AvgIpc) is 2.47. The van der Waals surface area contributed by atoms with Crippen LogP contribution in [0, 0.1) is 5.92 Å². The summed E-state index contributed by atoms with van der Waals surface area (Å²) in [5.41, 5.74) is 2.38. The van der Waals surface area contributed by atoms with E-state index in [1.807, 2.05) is 13.8 Å². The number of hydrogen-bond acceptors (Lipinski definition) is 3. The summed E-state index contributed by atoms with van der Waals surface area (Å²) < 4.78 is 5.25. The molecule has 1 aliphatic rings. The Labute approximate surface area is 72.2 Å². The van der Waals surface area contributed by atoms with Gasteiger partial charge >= 0.3 is 0 Å². The van der Waals surface area contributed by atoms with Gasteiger partial charge in [0.25, 0.3) is 0 Å². The highest BCUT2D eigenvalue weighted by Crippen LogP contribution is 2.18. The van der Waals surface area contributed by atoms with E-state index in [-0.39, 0.29) is 17.9 Å². The number of rotatable bonds is 3. The zero-order valence-electron chi connectivity index (χ0n) is 7.50. The van der Waals surface area contributed by atoms with Crippen LogP contribution in [0.4, 0.5) is 0 Å². The van der Waals surface area contributed by atoms with E-state index < -0.39 is 0 Å². The molecule has 0 saturated carbocycles. The Morgan fingerprint density at radius 2 is 2.50 bits per heavy atom. The molecular formula is C8H15NO3. The molecule has 0 spiro atoms. The largest absolute Gasteiger partial charge is 0.378 e. The summed E-state index contributed by atoms with van der Waals surface area (Å²) in [6.45, 7) is 4.80. The lowest BCUT2D eigenvalue weighted by atomic mass is 10.1. The smallest absolute Gasteiger partial charge is 0.249 e. The third-order valence-corrected chi connectivity index (χ3v) is 1.89. The predicted molar refractivity (Wildman–Crippen MR) is 43.3 cm³/mol. The van der Waals surface area contributed by atoms with Gasteiger partial charge in [-0.25, -0.2) is 5.48 Å². The first-order valence-corrected chi connectivity index (χ1v) is 4.27. The Morgan fingerprint density at radius 3 is 3.00 bits per heavy atom. The summed E-state index contributed by atoms with van der Waals surface area (Å²) in [5, 5.41) is 0. The fourth-order valence-electron chi connectivity index (χ4n) is 1.23. The Morgan fingerprint density at radius 1 is 1.75 bits per heavy atom. The molecular weight excluding hydrogens is 158 g/mol. The van der Waals surface area contributed by atoms with Gasteiger partial charge in [-0.15, -0.1) is 0 Å². The van der Waals surface area contributed by atoms with Gasteiger partial charge < -0.3 is 4.74 Å². The number of hydrogen-bond donors (Lipinski definition) is 1. The standard InChI is InChI=1S/C8H15NO3/c1-3-12-9-8(10)7-4-6(2)11-5-7/h6-7H,3-5H2,1-2H3,(H,9,10). The van der Waals surface area contributed by atoms with Gasteiger partial charge in [-0.3, -0.25) is 9.63 Å². The van der Waals surface area contributed by atoms with Crippen molar-refractivity contribution in [3.05, 3.63) is 0 Å². The molecule has 0 radical (unpaired) electrons. The van der Waals surface area contributed by atoms with Crippen LogP contribution >= 0.6 is 0 Å². The van der Waals surface area contributed by atoms with Crippen molar-refractivity contribution in [3.8, 4) is 0 Å². The lowest BCUT2D eigenvalue weighted by Gasteiger charge is -2.07. The first-order valence-electron chi connectivity index (χ1n) is 4.27. The van der Waals surface area contributed by atoms with Crippen molar-refractivity contribution >= 4 is 5.91 Å². The Balaban J connectivity index is 2.23. The SMILES string of the molecule is CCONC(=O)C1COC(C)C1. The van der Waals surface area contributed by atoms with Crippen LogP contribution in [0.2, 0.25) is 0 Å². The molecule has 1 rings (SSSR count). The number of ether oxygens (including phenoxy) is 1. The van der Waals surface area contributed by atoms with Crippen molar-refractivity contribution in [2.75, 3.05) is 13.2 Å². The van der Waals surface area contributed by atoms with E-state index >= 15 is 0 Å². The van der Waals surface area contributed by atoms with Gasteiger partial charge in [-0.05, 0) is 20.3 Å².